The first-order valence-corrected chi connectivity index (χ1v) is 9.24. The number of ether oxygens (including phenoxy) is 3. The number of amides is 1. The number of anilines is 1. The standard InChI is InChI=1S/C24H21NO5/c1-28-20-12-7-18(8-13-20)9-16-24(27)29-17-23(26)25-19-10-14-22(15-11-19)30-21-5-3-2-4-6-21/h2-16H,17H2,1H3,(H,25,26). The third-order valence-corrected chi connectivity index (χ3v) is 3.99. The zero-order valence-electron chi connectivity index (χ0n) is 16.4. The summed E-state index contributed by atoms with van der Waals surface area (Å²) in [6.07, 6.45) is 2.87. The fourth-order valence-corrected chi connectivity index (χ4v) is 2.49. The Kier molecular flexibility index (Phi) is 7.22. The molecule has 3 aromatic rings. The second-order valence-corrected chi connectivity index (χ2v) is 6.20. The molecule has 1 N–H and O–H groups in total. The molecule has 0 bridgehead atoms. The van der Waals surface area contributed by atoms with Crippen molar-refractivity contribution in [3.8, 4) is 17.2 Å². The van der Waals surface area contributed by atoms with Crippen LogP contribution >= 0.6 is 0 Å². The molecule has 0 heterocycles. The molecule has 0 aliphatic heterocycles. The first-order valence-electron chi connectivity index (χ1n) is 9.24. The minimum absolute atomic E-state index is 0.381. The lowest BCUT2D eigenvalue weighted by Gasteiger charge is -2.08. The van der Waals surface area contributed by atoms with Gasteiger partial charge >= 0.3 is 5.97 Å². The van der Waals surface area contributed by atoms with Crippen LogP contribution in [0.15, 0.2) is 84.9 Å². The van der Waals surface area contributed by atoms with Crippen molar-refractivity contribution >= 4 is 23.6 Å². The summed E-state index contributed by atoms with van der Waals surface area (Å²) in [4.78, 5) is 23.8. The molecule has 3 rings (SSSR count). The summed E-state index contributed by atoms with van der Waals surface area (Å²) in [6.45, 7) is -0.381. The normalized spacial score (nSPS) is 10.4. The summed E-state index contributed by atoms with van der Waals surface area (Å²) in [7, 11) is 1.58. The van der Waals surface area contributed by atoms with E-state index in [9.17, 15) is 9.59 Å². The molecular formula is C24H21NO5. The Labute approximate surface area is 174 Å². The summed E-state index contributed by atoms with van der Waals surface area (Å²) < 4.78 is 15.7. The van der Waals surface area contributed by atoms with Gasteiger partial charge in [0, 0.05) is 11.8 Å². The summed E-state index contributed by atoms with van der Waals surface area (Å²) in [5.41, 5.74) is 1.39. The highest BCUT2D eigenvalue weighted by Crippen LogP contribution is 2.22. The molecule has 0 saturated heterocycles. The van der Waals surface area contributed by atoms with Crippen molar-refractivity contribution in [1.29, 1.82) is 0 Å². The van der Waals surface area contributed by atoms with E-state index in [-0.39, 0.29) is 6.61 Å². The Morgan fingerprint density at radius 1 is 0.833 bits per heavy atom. The van der Waals surface area contributed by atoms with Crippen LogP contribution in [0.4, 0.5) is 5.69 Å². The quantitative estimate of drug-likeness (QED) is 0.437. The number of para-hydroxylation sites is 1. The monoisotopic (exact) mass is 403 g/mol. The maximum Gasteiger partial charge on any atom is 0.331 e. The van der Waals surface area contributed by atoms with Gasteiger partial charge in [-0.2, -0.15) is 0 Å². The van der Waals surface area contributed by atoms with Crippen LogP contribution in [0, 0.1) is 0 Å². The zero-order chi connectivity index (χ0) is 21.2. The van der Waals surface area contributed by atoms with E-state index in [2.05, 4.69) is 5.32 Å². The molecule has 1 amide bonds. The van der Waals surface area contributed by atoms with Gasteiger partial charge in [-0.25, -0.2) is 4.79 Å². The van der Waals surface area contributed by atoms with Gasteiger partial charge in [0.05, 0.1) is 7.11 Å². The molecule has 30 heavy (non-hydrogen) atoms. The SMILES string of the molecule is COc1ccc(C=CC(=O)OCC(=O)Nc2ccc(Oc3ccccc3)cc2)cc1. The average molecular weight is 403 g/mol. The second kappa shape index (κ2) is 10.5. The van der Waals surface area contributed by atoms with Crippen LogP contribution < -0.4 is 14.8 Å². The number of carbonyl (C=O) groups excluding carboxylic acids is 2. The molecule has 0 aliphatic rings. The van der Waals surface area contributed by atoms with Gasteiger partial charge in [0.25, 0.3) is 5.91 Å². The fourth-order valence-electron chi connectivity index (χ4n) is 2.49. The van der Waals surface area contributed by atoms with E-state index in [0.29, 0.717) is 11.4 Å². The van der Waals surface area contributed by atoms with E-state index in [4.69, 9.17) is 14.2 Å². The van der Waals surface area contributed by atoms with Gasteiger partial charge < -0.3 is 19.5 Å². The maximum absolute atomic E-state index is 12.0. The van der Waals surface area contributed by atoms with Gasteiger partial charge in [-0.3, -0.25) is 4.79 Å². The van der Waals surface area contributed by atoms with Crippen molar-refractivity contribution in [3.05, 3.63) is 90.5 Å². The number of nitrogens with one attached hydrogen (secondary N) is 1. The summed E-state index contributed by atoms with van der Waals surface area (Å²) in [5, 5.41) is 2.67. The number of rotatable bonds is 8. The summed E-state index contributed by atoms with van der Waals surface area (Å²) in [5.74, 6) is 1.06. The highest BCUT2D eigenvalue weighted by atomic mass is 16.5. The number of methoxy groups -OCH3 is 1. The van der Waals surface area contributed by atoms with Gasteiger partial charge in [-0.15, -0.1) is 0 Å². The molecule has 0 spiro atoms. The van der Waals surface area contributed by atoms with Crippen molar-refractivity contribution < 1.29 is 23.8 Å². The predicted molar refractivity (Wildman–Crippen MR) is 115 cm³/mol. The Morgan fingerprint density at radius 2 is 1.47 bits per heavy atom. The van der Waals surface area contributed by atoms with E-state index in [1.165, 1.54) is 6.08 Å². The highest BCUT2D eigenvalue weighted by Gasteiger charge is 2.06. The molecule has 6 nitrogen and oxygen atoms in total. The van der Waals surface area contributed by atoms with E-state index < -0.39 is 11.9 Å². The van der Waals surface area contributed by atoms with Crippen LogP contribution in [0.1, 0.15) is 5.56 Å². The first-order chi connectivity index (χ1) is 14.6. The molecule has 3 aromatic carbocycles. The number of carbonyl (C=O) groups is 2. The molecule has 0 aromatic heterocycles. The molecule has 0 atom stereocenters. The minimum Gasteiger partial charge on any atom is -0.497 e. The van der Waals surface area contributed by atoms with Crippen molar-refractivity contribution in [2.45, 2.75) is 0 Å². The summed E-state index contributed by atoms with van der Waals surface area (Å²) >= 11 is 0. The molecule has 0 fully saturated rings. The largest absolute Gasteiger partial charge is 0.497 e. The molecule has 0 radical (unpaired) electrons. The molecular weight excluding hydrogens is 382 g/mol. The van der Waals surface area contributed by atoms with Crippen molar-refractivity contribution in [2.75, 3.05) is 19.0 Å². The van der Waals surface area contributed by atoms with Crippen molar-refractivity contribution in [3.63, 3.8) is 0 Å². The number of benzene rings is 3. The fraction of sp³-hybridized carbons (Fsp3) is 0.0833. The molecule has 0 unspecified atom stereocenters. The Morgan fingerprint density at radius 3 is 2.13 bits per heavy atom. The molecule has 6 heteroatoms. The Hall–Kier alpha value is -4.06. The topological polar surface area (TPSA) is 73.9 Å². The minimum atomic E-state index is -0.604. The Balaban J connectivity index is 1.43. The smallest absolute Gasteiger partial charge is 0.331 e. The van der Waals surface area contributed by atoms with Gasteiger partial charge in [-0.1, -0.05) is 30.3 Å². The molecule has 0 saturated carbocycles. The van der Waals surface area contributed by atoms with Gasteiger partial charge in [0.1, 0.15) is 17.2 Å². The summed E-state index contributed by atoms with van der Waals surface area (Å²) in [6, 6.07) is 23.5. The van der Waals surface area contributed by atoms with E-state index in [1.807, 2.05) is 30.3 Å². The van der Waals surface area contributed by atoms with Gasteiger partial charge in [0.15, 0.2) is 6.61 Å². The van der Waals surface area contributed by atoms with E-state index >= 15 is 0 Å². The Bertz CT molecular complexity index is 996. The first kappa shape index (κ1) is 20.7. The lowest BCUT2D eigenvalue weighted by molar-refractivity contribution is -0.142. The zero-order valence-corrected chi connectivity index (χ0v) is 16.4. The average Bonchev–Trinajstić information content (AvgIpc) is 2.78. The van der Waals surface area contributed by atoms with Crippen LogP contribution in [0.5, 0.6) is 17.2 Å². The molecule has 0 aliphatic carbocycles. The third-order valence-electron chi connectivity index (χ3n) is 3.99. The second-order valence-electron chi connectivity index (χ2n) is 6.20. The van der Waals surface area contributed by atoms with Crippen LogP contribution in [-0.2, 0) is 14.3 Å². The lowest BCUT2D eigenvalue weighted by atomic mass is 10.2. The van der Waals surface area contributed by atoms with Crippen LogP contribution in [0.2, 0.25) is 0 Å². The highest BCUT2D eigenvalue weighted by molar-refractivity contribution is 5.94. The van der Waals surface area contributed by atoms with Crippen LogP contribution in [0.25, 0.3) is 6.08 Å². The predicted octanol–water partition coefficient (Wildman–Crippen LogP) is 4.68. The molecule has 152 valence electrons. The van der Waals surface area contributed by atoms with Crippen molar-refractivity contribution in [2.24, 2.45) is 0 Å². The van der Waals surface area contributed by atoms with Gasteiger partial charge in [0.2, 0.25) is 0 Å². The van der Waals surface area contributed by atoms with Crippen molar-refractivity contribution in [1.82, 2.24) is 0 Å². The van der Waals surface area contributed by atoms with Crippen LogP contribution in [-0.4, -0.2) is 25.6 Å². The maximum atomic E-state index is 12.0. The van der Waals surface area contributed by atoms with E-state index in [0.717, 1.165) is 17.1 Å². The van der Waals surface area contributed by atoms with E-state index in [1.54, 1.807) is 61.7 Å². The number of esters is 1. The van der Waals surface area contributed by atoms with Gasteiger partial charge in [-0.05, 0) is 60.2 Å². The number of hydrogen-bond donors (Lipinski definition) is 1. The number of hydrogen-bond acceptors (Lipinski definition) is 5. The van der Waals surface area contributed by atoms with Crippen LogP contribution in [0.3, 0.4) is 0 Å². The lowest BCUT2D eigenvalue weighted by Crippen LogP contribution is -2.20. The third kappa shape index (κ3) is 6.53.